The summed E-state index contributed by atoms with van der Waals surface area (Å²) in [6, 6.07) is 5.80. The largest absolute Gasteiger partial charge is 0.481 e. The van der Waals surface area contributed by atoms with Gasteiger partial charge in [-0.1, -0.05) is 15.9 Å². The molecule has 0 saturated heterocycles. The van der Waals surface area contributed by atoms with E-state index < -0.39 is 12.1 Å². The predicted octanol–water partition coefficient (Wildman–Crippen LogP) is 2.40. The fourth-order valence-electron chi connectivity index (χ4n) is 1.38. The molecule has 0 fully saturated rings. The molecule has 94 valence electrons. The molecule has 0 amide bonds. The lowest BCUT2D eigenvalue weighted by molar-refractivity contribution is -0.137. The number of hydrogen-bond donors (Lipinski definition) is 3. The maximum Gasteiger partial charge on any atom is 0.303 e. The number of halogens is 1. The van der Waals surface area contributed by atoms with Crippen molar-refractivity contribution in [3.63, 3.8) is 0 Å². The first-order valence-corrected chi connectivity index (χ1v) is 6.18. The Morgan fingerprint density at radius 1 is 1.53 bits per heavy atom. The van der Waals surface area contributed by atoms with Gasteiger partial charge in [-0.25, -0.2) is 0 Å². The predicted molar refractivity (Wildman–Crippen MR) is 70.2 cm³/mol. The Balaban J connectivity index is 2.39. The molecule has 0 saturated carbocycles. The standard InChI is InChI=1S/C12H16BrNO3/c1-8-6-9(2-4-11(8)13)14-7-10(15)3-5-12(16)17/h2,4,6,10,14-15H,3,5,7H2,1H3,(H,16,17). The van der Waals surface area contributed by atoms with Gasteiger partial charge < -0.3 is 15.5 Å². The zero-order valence-corrected chi connectivity index (χ0v) is 11.2. The van der Waals surface area contributed by atoms with Gasteiger partial charge in [-0.05, 0) is 37.1 Å². The van der Waals surface area contributed by atoms with Gasteiger partial charge in [-0.15, -0.1) is 0 Å². The third kappa shape index (κ3) is 5.19. The SMILES string of the molecule is Cc1cc(NCC(O)CCC(=O)O)ccc1Br. The van der Waals surface area contributed by atoms with Gasteiger partial charge in [0.1, 0.15) is 0 Å². The normalized spacial score (nSPS) is 12.2. The highest BCUT2D eigenvalue weighted by Gasteiger charge is 2.07. The van der Waals surface area contributed by atoms with Crippen LogP contribution in [0.1, 0.15) is 18.4 Å². The van der Waals surface area contributed by atoms with Crippen LogP contribution in [0.4, 0.5) is 5.69 Å². The summed E-state index contributed by atoms with van der Waals surface area (Å²) in [5.41, 5.74) is 2.02. The highest BCUT2D eigenvalue weighted by atomic mass is 79.9. The first kappa shape index (κ1) is 14.0. The summed E-state index contributed by atoms with van der Waals surface area (Å²) in [5.74, 6) is -0.886. The summed E-state index contributed by atoms with van der Waals surface area (Å²) in [6.07, 6.45) is -0.393. The van der Waals surface area contributed by atoms with Gasteiger partial charge in [0.2, 0.25) is 0 Å². The first-order chi connectivity index (χ1) is 7.99. The number of carboxylic acids is 1. The summed E-state index contributed by atoms with van der Waals surface area (Å²) in [7, 11) is 0. The lowest BCUT2D eigenvalue weighted by Crippen LogP contribution is -2.20. The summed E-state index contributed by atoms with van der Waals surface area (Å²) >= 11 is 3.41. The highest BCUT2D eigenvalue weighted by molar-refractivity contribution is 9.10. The molecule has 0 aliphatic carbocycles. The van der Waals surface area contributed by atoms with E-state index >= 15 is 0 Å². The van der Waals surface area contributed by atoms with E-state index in [1.54, 1.807) is 0 Å². The number of carbonyl (C=O) groups is 1. The van der Waals surface area contributed by atoms with Crippen LogP contribution in [0.3, 0.4) is 0 Å². The number of rotatable bonds is 6. The Morgan fingerprint density at radius 3 is 2.82 bits per heavy atom. The van der Waals surface area contributed by atoms with Crippen LogP contribution >= 0.6 is 15.9 Å². The minimum atomic E-state index is -0.886. The molecule has 5 heteroatoms. The van der Waals surface area contributed by atoms with E-state index in [0.717, 1.165) is 15.7 Å². The minimum absolute atomic E-state index is 0.0117. The molecule has 17 heavy (non-hydrogen) atoms. The Kier molecular flexibility index (Phi) is 5.44. The quantitative estimate of drug-likeness (QED) is 0.754. The number of aliphatic hydroxyl groups is 1. The van der Waals surface area contributed by atoms with Gasteiger partial charge in [-0.2, -0.15) is 0 Å². The van der Waals surface area contributed by atoms with Crippen molar-refractivity contribution in [1.29, 1.82) is 0 Å². The van der Waals surface area contributed by atoms with Crippen LogP contribution in [0.25, 0.3) is 0 Å². The number of aryl methyl sites for hydroxylation is 1. The molecule has 0 aliphatic rings. The first-order valence-electron chi connectivity index (χ1n) is 5.39. The van der Waals surface area contributed by atoms with E-state index in [2.05, 4.69) is 21.2 Å². The molecule has 1 unspecified atom stereocenters. The van der Waals surface area contributed by atoms with E-state index in [1.807, 2.05) is 25.1 Å². The molecule has 1 aromatic rings. The van der Waals surface area contributed by atoms with Crippen molar-refractivity contribution in [1.82, 2.24) is 0 Å². The van der Waals surface area contributed by atoms with E-state index in [9.17, 15) is 9.90 Å². The van der Waals surface area contributed by atoms with Gasteiger partial charge in [0.15, 0.2) is 0 Å². The van der Waals surface area contributed by atoms with Crippen LogP contribution in [-0.4, -0.2) is 28.8 Å². The topological polar surface area (TPSA) is 69.6 Å². The van der Waals surface area contributed by atoms with Gasteiger partial charge >= 0.3 is 5.97 Å². The number of carboxylic acid groups (broad SMARTS) is 1. The molecular weight excluding hydrogens is 286 g/mol. The third-order valence-corrected chi connectivity index (χ3v) is 3.28. The molecule has 1 rings (SSSR count). The van der Waals surface area contributed by atoms with Crippen molar-refractivity contribution in [2.45, 2.75) is 25.9 Å². The average Bonchev–Trinajstić information content (AvgIpc) is 2.28. The van der Waals surface area contributed by atoms with Crippen LogP contribution in [0.5, 0.6) is 0 Å². The smallest absolute Gasteiger partial charge is 0.303 e. The van der Waals surface area contributed by atoms with Crippen molar-refractivity contribution in [3.05, 3.63) is 28.2 Å². The maximum atomic E-state index is 10.3. The second-order valence-corrected chi connectivity index (χ2v) is 4.79. The lowest BCUT2D eigenvalue weighted by atomic mass is 10.2. The molecule has 4 nitrogen and oxygen atoms in total. The summed E-state index contributed by atoms with van der Waals surface area (Å²) in [4.78, 5) is 10.3. The number of benzene rings is 1. The van der Waals surface area contributed by atoms with Crippen molar-refractivity contribution in [2.75, 3.05) is 11.9 Å². The van der Waals surface area contributed by atoms with Crippen molar-refractivity contribution in [2.24, 2.45) is 0 Å². The van der Waals surface area contributed by atoms with E-state index in [-0.39, 0.29) is 12.8 Å². The van der Waals surface area contributed by atoms with Crippen LogP contribution in [0, 0.1) is 6.92 Å². The molecule has 0 heterocycles. The number of aliphatic carboxylic acids is 1. The van der Waals surface area contributed by atoms with Gasteiger partial charge in [0.25, 0.3) is 0 Å². The summed E-state index contributed by atoms with van der Waals surface area (Å²) in [6.45, 7) is 2.34. The Hall–Kier alpha value is -1.07. The molecule has 0 aromatic heterocycles. The van der Waals surface area contributed by atoms with Crippen LogP contribution in [0.15, 0.2) is 22.7 Å². The Morgan fingerprint density at radius 2 is 2.24 bits per heavy atom. The second kappa shape index (κ2) is 6.61. The van der Waals surface area contributed by atoms with Crippen LogP contribution in [-0.2, 0) is 4.79 Å². The van der Waals surface area contributed by atoms with E-state index in [0.29, 0.717) is 6.54 Å². The molecular formula is C12H16BrNO3. The van der Waals surface area contributed by atoms with Crippen molar-refractivity contribution < 1.29 is 15.0 Å². The van der Waals surface area contributed by atoms with E-state index in [1.165, 1.54) is 0 Å². The highest BCUT2D eigenvalue weighted by Crippen LogP contribution is 2.19. The monoisotopic (exact) mass is 301 g/mol. The lowest BCUT2D eigenvalue weighted by Gasteiger charge is -2.12. The second-order valence-electron chi connectivity index (χ2n) is 3.93. The van der Waals surface area contributed by atoms with E-state index in [4.69, 9.17) is 5.11 Å². The van der Waals surface area contributed by atoms with Gasteiger partial charge in [0, 0.05) is 23.1 Å². The Labute approximate surface area is 109 Å². The number of nitrogens with one attached hydrogen (secondary N) is 1. The fourth-order valence-corrected chi connectivity index (χ4v) is 1.63. The van der Waals surface area contributed by atoms with Crippen LogP contribution < -0.4 is 5.32 Å². The van der Waals surface area contributed by atoms with Crippen molar-refractivity contribution >= 4 is 27.6 Å². The number of anilines is 1. The van der Waals surface area contributed by atoms with Gasteiger partial charge in [0.05, 0.1) is 6.10 Å². The minimum Gasteiger partial charge on any atom is -0.481 e. The maximum absolute atomic E-state index is 10.3. The Bertz CT molecular complexity index is 395. The zero-order chi connectivity index (χ0) is 12.8. The molecule has 0 radical (unpaired) electrons. The third-order valence-electron chi connectivity index (χ3n) is 2.39. The number of aliphatic hydroxyl groups excluding tert-OH is 1. The molecule has 0 aliphatic heterocycles. The van der Waals surface area contributed by atoms with Crippen molar-refractivity contribution in [3.8, 4) is 0 Å². The molecule has 0 spiro atoms. The summed E-state index contributed by atoms with van der Waals surface area (Å²) in [5, 5.41) is 21.1. The zero-order valence-electron chi connectivity index (χ0n) is 9.61. The number of hydrogen-bond acceptors (Lipinski definition) is 3. The molecule has 1 aromatic carbocycles. The van der Waals surface area contributed by atoms with Crippen LogP contribution in [0.2, 0.25) is 0 Å². The average molecular weight is 302 g/mol. The molecule has 3 N–H and O–H groups in total. The molecule has 1 atom stereocenters. The van der Waals surface area contributed by atoms with Gasteiger partial charge in [-0.3, -0.25) is 4.79 Å². The summed E-state index contributed by atoms with van der Waals surface area (Å²) < 4.78 is 1.04. The fraction of sp³-hybridized carbons (Fsp3) is 0.417. The molecule has 0 bridgehead atoms.